The number of benzene rings is 2. The molecular formula is C24H26FN3O2. The fourth-order valence-corrected chi connectivity index (χ4v) is 4.22. The second-order valence-electron chi connectivity index (χ2n) is 7.83. The number of ketones is 1. The Bertz CT molecular complexity index is 1070. The molecule has 0 N–H and O–H groups in total. The monoisotopic (exact) mass is 407 g/mol. The van der Waals surface area contributed by atoms with Crippen LogP contribution in [0.25, 0.3) is 10.9 Å². The molecule has 0 radical (unpaired) electrons. The predicted molar refractivity (Wildman–Crippen MR) is 116 cm³/mol. The number of carbonyl (C=O) groups is 2. The van der Waals surface area contributed by atoms with Crippen molar-refractivity contribution in [3.05, 3.63) is 66.1 Å². The number of halogens is 1. The first-order valence-corrected chi connectivity index (χ1v) is 10.4. The van der Waals surface area contributed by atoms with Gasteiger partial charge in [0.05, 0.1) is 0 Å². The standard InChI is InChI=1S/C24H26FN3O2/c1-3-28(21-7-5-20(25)6-8-21)24(30)27-14-11-17(12-15-27)23(29)19-4-9-22-18(16-19)10-13-26(22)2/h4-10,13,16-17H,3,11-12,14-15H2,1-2H3. The summed E-state index contributed by atoms with van der Waals surface area (Å²) in [7, 11) is 1.99. The van der Waals surface area contributed by atoms with E-state index < -0.39 is 0 Å². The number of aromatic nitrogens is 1. The second-order valence-corrected chi connectivity index (χ2v) is 7.83. The number of hydrogen-bond donors (Lipinski definition) is 0. The molecule has 2 aromatic carbocycles. The minimum absolute atomic E-state index is 0.0730. The lowest BCUT2D eigenvalue weighted by Gasteiger charge is -2.35. The highest BCUT2D eigenvalue weighted by Crippen LogP contribution is 2.26. The Morgan fingerprint density at radius 1 is 1.07 bits per heavy atom. The molecule has 30 heavy (non-hydrogen) atoms. The van der Waals surface area contributed by atoms with Gasteiger partial charge in [0.25, 0.3) is 0 Å². The molecule has 0 bridgehead atoms. The summed E-state index contributed by atoms with van der Waals surface area (Å²) in [5.41, 5.74) is 2.52. The summed E-state index contributed by atoms with van der Waals surface area (Å²) in [6.07, 6.45) is 3.29. The summed E-state index contributed by atoms with van der Waals surface area (Å²) in [5.74, 6) is -0.245. The molecule has 0 atom stereocenters. The van der Waals surface area contributed by atoms with Crippen molar-refractivity contribution in [2.45, 2.75) is 19.8 Å². The van der Waals surface area contributed by atoms with Crippen LogP contribution in [0.4, 0.5) is 14.9 Å². The van der Waals surface area contributed by atoms with E-state index in [-0.39, 0.29) is 23.5 Å². The van der Waals surface area contributed by atoms with Gasteiger partial charge in [0.2, 0.25) is 0 Å². The molecule has 2 amide bonds. The molecule has 6 heteroatoms. The molecule has 3 aromatic rings. The predicted octanol–water partition coefficient (Wildman–Crippen LogP) is 4.86. The van der Waals surface area contributed by atoms with Gasteiger partial charge in [0.15, 0.2) is 5.78 Å². The molecule has 0 spiro atoms. The maximum atomic E-state index is 13.2. The van der Waals surface area contributed by atoms with Crippen LogP contribution in [-0.2, 0) is 7.05 Å². The summed E-state index contributed by atoms with van der Waals surface area (Å²) in [6, 6.07) is 13.7. The molecule has 1 saturated heterocycles. The number of Topliss-reactive ketones (excluding diaryl/α,β-unsaturated/α-hetero) is 1. The Labute approximate surface area is 175 Å². The zero-order chi connectivity index (χ0) is 21.3. The number of hydrogen-bond acceptors (Lipinski definition) is 2. The molecule has 4 rings (SSSR count). The number of nitrogens with zero attached hydrogens (tertiary/aromatic N) is 3. The van der Waals surface area contributed by atoms with E-state index in [4.69, 9.17) is 0 Å². The molecule has 1 aliphatic rings. The largest absolute Gasteiger partial charge is 0.351 e. The highest BCUT2D eigenvalue weighted by atomic mass is 19.1. The Morgan fingerprint density at radius 3 is 2.43 bits per heavy atom. The third-order valence-corrected chi connectivity index (χ3v) is 5.99. The van der Waals surface area contributed by atoms with Crippen LogP contribution in [0.15, 0.2) is 54.7 Å². The number of anilines is 1. The number of piperidine rings is 1. The van der Waals surface area contributed by atoms with E-state index in [0.29, 0.717) is 38.2 Å². The van der Waals surface area contributed by atoms with Crippen LogP contribution in [0.3, 0.4) is 0 Å². The molecule has 2 heterocycles. The molecule has 1 aliphatic heterocycles. The minimum Gasteiger partial charge on any atom is -0.351 e. The molecule has 0 aliphatic carbocycles. The number of fused-ring (bicyclic) bond motifs is 1. The van der Waals surface area contributed by atoms with Crippen molar-refractivity contribution in [3.8, 4) is 0 Å². The molecule has 5 nitrogen and oxygen atoms in total. The van der Waals surface area contributed by atoms with Gasteiger partial charge in [-0.3, -0.25) is 9.69 Å². The first-order valence-electron chi connectivity index (χ1n) is 10.4. The third kappa shape index (κ3) is 3.82. The molecular weight excluding hydrogens is 381 g/mol. The molecule has 156 valence electrons. The maximum absolute atomic E-state index is 13.2. The van der Waals surface area contributed by atoms with E-state index in [9.17, 15) is 14.0 Å². The average Bonchev–Trinajstić information content (AvgIpc) is 3.15. The highest BCUT2D eigenvalue weighted by Gasteiger charge is 2.30. The number of rotatable bonds is 4. The summed E-state index contributed by atoms with van der Waals surface area (Å²) >= 11 is 0. The van der Waals surface area contributed by atoms with Gasteiger partial charge in [0.1, 0.15) is 5.82 Å². The van der Waals surface area contributed by atoms with Crippen LogP contribution in [-0.4, -0.2) is 40.9 Å². The summed E-state index contributed by atoms with van der Waals surface area (Å²) in [4.78, 5) is 29.4. The lowest BCUT2D eigenvalue weighted by molar-refractivity contribution is 0.0857. The van der Waals surface area contributed by atoms with Crippen LogP contribution < -0.4 is 4.90 Å². The van der Waals surface area contributed by atoms with Gasteiger partial charge in [-0.25, -0.2) is 9.18 Å². The van der Waals surface area contributed by atoms with Crippen LogP contribution >= 0.6 is 0 Å². The number of amides is 2. The first-order chi connectivity index (χ1) is 14.5. The van der Waals surface area contributed by atoms with E-state index >= 15 is 0 Å². The molecule has 0 unspecified atom stereocenters. The Balaban J connectivity index is 1.41. The second kappa shape index (κ2) is 8.30. The quantitative estimate of drug-likeness (QED) is 0.580. The van der Waals surface area contributed by atoms with Crippen LogP contribution in [0.5, 0.6) is 0 Å². The van der Waals surface area contributed by atoms with Gasteiger partial charge in [-0.05, 0) is 68.3 Å². The summed E-state index contributed by atoms with van der Waals surface area (Å²) in [6.45, 7) is 3.48. The van der Waals surface area contributed by atoms with Crippen molar-refractivity contribution in [2.75, 3.05) is 24.5 Å². The van der Waals surface area contributed by atoms with Crippen molar-refractivity contribution in [1.29, 1.82) is 0 Å². The SMILES string of the molecule is CCN(C(=O)N1CCC(C(=O)c2ccc3c(ccn3C)c2)CC1)c1ccc(F)cc1. The lowest BCUT2D eigenvalue weighted by atomic mass is 9.88. The van der Waals surface area contributed by atoms with E-state index in [0.717, 1.165) is 16.5 Å². The van der Waals surface area contributed by atoms with Crippen molar-refractivity contribution in [1.82, 2.24) is 9.47 Å². The van der Waals surface area contributed by atoms with E-state index in [1.54, 1.807) is 21.9 Å². The molecule has 0 saturated carbocycles. The molecule has 1 fully saturated rings. The van der Waals surface area contributed by atoms with Gasteiger partial charge in [-0.2, -0.15) is 0 Å². The first kappa shape index (κ1) is 20.1. The summed E-state index contributed by atoms with van der Waals surface area (Å²) < 4.78 is 15.2. The highest BCUT2D eigenvalue weighted by molar-refractivity contribution is 6.01. The topological polar surface area (TPSA) is 45.6 Å². The Kier molecular flexibility index (Phi) is 5.57. The van der Waals surface area contributed by atoms with Gasteiger partial charge in [-0.1, -0.05) is 0 Å². The number of carbonyl (C=O) groups excluding carboxylic acids is 2. The number of urea groups is 1. The normalized spacial score (nSPS) is 14.8. The minimum atomic E-state index is -0.324. The Morgan fingerprint density at radius 2 is 1.77 bits per heavy atom. The van der Waals surface area contributed by atoms with Crippen LogP contribution in [0, 0.1) is 11.7 Å². The summed E-state index contributed by atoms with van der Waals surface area (Å²) in [5, 5.41) is 1.06. The smallest absolute Gasteiger partial charge is 0.324 e. The van der Waals surface area contributed by atoms with Crippen molar-refractivity contribution < 1.29 is 14.0 Å². The van der Waals surface area contributed by atoms with E-state index in [2.05, 4.69) is 0 Å². The van der Waals surface area contributed by atoms with Gasteiger partial charge < -0.3 is 9.47 Å². The Hall–Kier alpha value is -3.15. The van der Waals surface area contributed by atoms with Crippen molar-refractivity contribution >= 4 is 28.4 Å². The van der Waals surface area contributed by atoms with Gasteiger partial charge in [-0.15, -0.1) is 0 Å². The zero-order valence-corrected chi connectivity index (χ0v) is 17.3. The van der Waals surface area contributed by atoms with Gasteiger partial charge in [0, 0.05) is 61.0 Å². The van der Waals surface area contributed by atoms with Crippen LogP contribution in [0.1, 0.15) is 30.1 Å². The van der Waals surface area contributed by atoms with Crippen molar-refractivity contribution in [3.63, 3.8) is 0 Å². The number of aryl methyl sites for hydroxylation is 1. The zero-order valence-electron chi connectivity index (χ0n) is 17.3. The van der Waals surface area contributed by atoms with E-state index in [1.807, 2.05) is 49.0 Å². The van der Waals surface area contributed by atoms with Gasteiger partial charge >= 0.3 is 6.03 Å². The number of likely N-dealkylation sites (tertiary alicyclic amines) is 1. The third-order valence-electron chi connectivity index (χ3n) is 5.99. The lowest BCUT2D eigenvalue weighted by Crippen LogP contribution is -2.47. The van der Waals surface area contributed by atoms with Crippen molar-refractivity contribution in [2.24, 2.45) is 13.0 Å². The molecule has 1 aromatic heterocycles. The van der Waals surface area contributed by atoms with Crippen LogP contribution in [0.2, 0.25) is 0 Å². The fraction of sp³-hybridized carbons (Fsp3) is 0.333. The fourth-order valence-electron chi connectivity index (χ4n) is 4.22. The average molecular weight is 407 g/mol. The maximum Gasteiger partial charge on any atom is 0.324 e. The van der Waals surface area contributed by atoms with E-state index in [1.165, 1.54) is 12.1 Å².